The van der Waals surface area contributed by atoms with E-state index >= 15 is 0 Å². The summed E-state index contributed by atoms with van der Waals surface area (Å²) in [6, 6.07) is 22.8. The van der Waals surface area contributed by atoms with Gasteiger partial charge in [-0.2, -0.15) is 4.57 Å². The Bertz CT molecular complexity index is 1130. The highest BCUT2D eigenvalue weighted by Gasteiger charge is 2.32. The van der Waals surface area contributed by atoms with Gasteiger partial charge in [0.15, 0.2) is 5.54 Å². The molecule has 1 heterocycles. The van der Waals surface area contributed by atoms with E-state index in [-0.39, 0.29) is 22.5 Å². The van der Waals surface area contributed by atoms with Crippen molar-refractivity contribution in [1.82, 2.24) is 0 Å². The average Bonchev–Trinajstić information content (AvgIpc) is 2.60. The Morgan fingerprint density at radius 1 is 0.704 bits per heavy atom. The van der Waals surface area contributed by atoms with Gasteiger partial charge >= 0.3 is 0 Å². The molecule has 0 amide bonds. The first-order chi connectivity index (χ1) is 12.4. The first-order valence-electron chi connectivity index (χ1n) is 8.88. The number of rotatable bonds is 1. The molecule has 0 saturated heterocycles. The van der Waals surface area contributed by atoms with E-state index in [0.29, 0.717) is 0 Å². The van der Waals surface area contributed by atoms with Gasteiger partial charge in [-0.05, 0) is 36.4 Å². The standard InChI is InChI=1S/C23H23N3.BrH/c1-23(2,3)26-21-14-17(25)10-12-19(21)18-11-9-16(24)13-20(18)22(26)15-7-5-4-6-8-15;/h4-14,25H,24H2,1-3H3;1H. The number of nitrogens with zero attached hydrogens (tertiary/aromatic N) is 1. The van der Waals surface area contributed by atoms with Crippen LogP contribution < -0.4 is 33.0 Å². The highest BCUT2D eigenvalue weighted by Crippen LogP contribution is 2.34. The lowest BCUT2D eigenvalue weighted by molar-refractivity contribution is -0.719. The highest BCUT2D eigenvalue weighted by atomic mass is 79.9. The van der Waals surface area contributed by atoms with Crippen LogP contribution >= 0.6 is 0 Å². The molecule has 138 valence electrons. The molecular formula is C23H24BrN3. The number of nitrogens with two attached hydrogens (primary N) is 2. The lowest BCUT2D eigenvalue weighted by atomic mass is 9.95. The molecule has 0 saturated carbocycles. The van der Waals surface area contributed by atoms with Crippen molar-refractivity contribution in [1.29, 1.82) is 0 Å². The fourth-order valence-electron chi connectivity index (χ4n) is 3.77. The van der Waals surface area contributed by atoms with Gasteiger partial charge in [-0.25, -0.2) is 0 Å². The molecule has 3 aromatic carbocycles. The number of fused-ring (bicyclic) bond motifs is 3. The number of anilines is 2. The maximum atomic E-state index is 6.17. The summed E-state index contributed by atoms with van der Waals surface area (Å²) in [5, 5.41) is 3.53. The van der Waals surface area contributed by atoms with Gasteiger partial charge in [0.1, 0.15) is 0 Å². The number of benzene rings is 3. The van der Waals surface area contributed by atoms with Crippen molar-refractivity contribution in [2.45, 2.75) is 26.3 Å². The van der Waals surface area contributed by atoms with Crippen molar-refractivity contribution in [2.75, 3.05) is 11.5 Å². The minimum Gasteiger partial charge on any atom is -1.00 e. The van der Waals surface area contributed by atoms with Gasteiger partial charge < -0.3 is 28.4 Å². The predicted molar refractivity (Wildman–Crippen MR) is 111 cm³/mol. The van der Waals surface area contributed by atoms with Crippen LogP contribution in [-0.4, -0.2) is 0 Å². The van der Waals surface area contributed by atoms with Crippen LogP contribution in [-0.2, 0) is 5.54 Å². The van der Waals surface area contributed by atoms with Crippen molar-refractivity contribution in [3.05, 3.63) is 66.7 Å². The smallest absolute Gasteiger partial charge is 0.221 e. The molecule has 4 heteroatoms. The number of nitrogen functional groups attached to an aromatic ring is 2. The molecule has 4 N–H and O–H groups in total. The van der Waals surface area contributed by atoms with E-state index in [4.69, 9.17) is 11.5 Å². The average molecular weight is 422 g/mol. The Balaban J connectivity index is 0.00000210. The molecule has 3 nitrogen and oxygen atoms in total. The predicted octanol–water partition coefficient (Wildman–Crippen LogP) is 1.87. The second kappa shape index (κ2) is 6.86. The van der Waals surface area contributed by atoms with Gasteiger partial charge in [-0.1, -0.05) is 24.3 Å². The summed E-state index contributed by atoms with van der Waals surface area (Å²) in [6.07, 6.45) is 0. The van der Waals surface area contributed by atoms with E-state index in [1.807, 2.05) is 18.2 Å². The Labute approximate surface area is 170 Å². The maximum Gasteiger partial charge on any atom is 0.221 e. The van der Waals surface area contributed by atoms with Crippen LogP contribution in [0.3, 0.4) is 0 Å². The van der Waals surface area contributed by atoms with E-state index in [0.717, 1.165) is 22.3 Å². The van der Waals surface area contributed by atoms with Crippen LogP contribution in [0.25, 0.3) is 32.9 Å². The summed E-state index contributed by atoms with van der Waals surface area (Å²) in [4.78, 5) is 0. The van der Waals surface area contributed by atoms with Gasteiger partial charge in [0, 0.05) is 49.2 Å². The lowest BCUT2D eigenvalue weighted by Gasteiger charge is -2.21. The second-order valence-corrected chi connectivity index (χ2v) is 7.80. The van der Waals surface area contributed by atoms with E-state index in [1.165, 1.54) is 22.0 Å². The van der Waals surface area contributed by atoms with Gasteiger partial charge in [0.2, 0.25) is 11.2 Å². The summed E-state index contributed by atoms with van der Waals surface area (Å²) >= 11 is 0. The molecule has 0 aliphatic rings. The summed E-state index contributed by atoms with van der Waals surface area (Å²) in [6.45, 7) is 6.67. The molecule has 1 aromatic heterocycles. The third-order valence-electron chi connectivity index (χ3n) is 4.79. The first-order valence-corrected chi connectivity index (χ1v) is 8.88. The van der Waals surface area contributed by atoms with E-state index in [1.54, 1.807) is 0 Å². The van der Waals surface area contributed by atoms with Crippen molar-refractivity contribution in [2.24, 2.45) is 0 Å². The number of hydrogen-bond acceptors (Lipinski definition) is 2. The zero-order valence-electron chi connectivity index (χ0n) is 15.8. The Morgan fingerprint density at radius 3 is 1.93 bits per heavy atom. The molecule has 4 aromatic rings. The molecule has 0 radical (unpaired) electrons. The monoisotopic (exact) mass is 421 g/mol. The minimum atomic E-state index is -0.129. The highest BCUT2D eigenvalue weighted by molar-refractivity contribution is 6.10. The van der Waals surface area contributed by atoms with E-state index in [9.17, 15) is 0 Å². The Morgan fingerprint density at radius 2 is 1.30 bits per heavy atom. The summed E-state index contributed by atoms with van der Waals surface area (Å²) < 4.78 is 2.38. The van der Waals surface area contributed by atoms with E-state index < -0.39 is 0 Å². The lowest BCUT2D eigenvalue weighted by Crippen LogP contribution is -3.00. The Kier molecular flexibility index (Phi) is 4.87. The molecule has 0 bridgehead atoms. The molecule has 27 heavy (non-hydrogen) atoms. The molecule has 4 rings (SSSR count). The topological polar surface area (TPSA) is 55.9 Å². The molecule has 0 atom stereocenters. The van der Waals surface area contributed by atoms with Gasteiger partial charge in [0.25, 0.3) is 0 Å². The largest absolute Gasteiger partial charge is 1.00 e. The zero-order valence-corrected chi connectivity index (χ0v) is 17.4. The molecule has 0 aliphatic heterocycles. The van der Waals surface area contributed by atoms with Crippen LogP contribution in [0.1, 0.15) is 20.8 Å². The van der Waals surface area contributed by atoms with Crippen molar-refractivity contribution in [3.8, 4) is 11.3 Å². The third-order valence-corrected chi connectivity index (χ3v) is 4.79. The van der Waals surface area contributed by atoms with Crippen molar-refractivity contribution < 1.29 is 21.5 Å². The molecule has 0 spiro atoms. The van der Waals surface area contributed by atoms with Crippen LogP contribution in [0, 0.1) is 0 Å². The number of halogens is 1. The fraction of sp³-hybridized carbons (Fsp3) is 0.174. The number of aromatic nitrogens is 1. The SMILES string of the molecule is CC(C)(C)[n+]1c(-c2ccccc2)c2cc(N)ccc2c2ccc(N)cc21.[Br-]. The van der Waals surface area contributed by atoms with Crippen LogP contribution in [0.5, 0.6) is 0 Å². The van der Waals surface area contributed by atoms with Gasteiger partial charge in [0.05, 0.1) is 10.8 Å². The number of hydrogen-bond donors (Lipinski definition) is 2. The van der Waals surface area contributed by atoms with E-state index in [2.05, 4.69) is 73.9 Å². The summed E-state index contributed by atoms with van der Waals surface area (Å²) in [5.41, 5.74) is 17.2. The fourth-order valence-corrected chi connectivity index (χ4v) is 3.77. The molecular weight excluding hydrogens is 398 g/mol. The zero-order chi connectivity index (χ0) is 18.5. The first kappa shape index (κ1) is 19.2. The maximum absolute atomic E-state index is 6.17. The normalized spacial score (nSPS) is 11.5. The Hall–Kier alpha value is -2.59. The minimum absolute atomic E-state index is 0. The molecule has 0 fully saturated rings. The summed E-state index contributed by atoms with van der Waals surface area (Å²) in [5.74, 6) is 0. The van der Waals surface area contributed by atoms with Gasteiger partial charge in [-0.3, -0.25) is 0 Å². The number of pyridine rings is 1. The molecule has 0 aliphatic carbocycles. The van der Waals surface area contributed by atoms with Crippen LogP contribution in [0.15, 0.2) is 66.7 Å². The summed E-state index contributed by atoms with van der Waals surface area (Å²) in [7, 11) is 0. The van der Waals surface area contributed by atoms with Crippen molar-refractivity contribution >= 4 is 33.1 Å². The van der Waals surface area contributed by atoms with Crippen molar-refractivity contribution in [3.63, 3.8) is 0 Å². The van der Waals surface area contributed by atoms with Gasteiger partial charge in [-0.15, -0.1) is 0 Å². The van der Waals surface area contributed by atoms with Crippen LogP contribution in [0.2, 0.25) is 0 Å². The molecule has 0 unspecified atom stereocenters. The third kappa shape index (κ3) is 3.26. The second-order valence-electron chi connectivity index (χ2n) is 7.80. The quantitative estimate of drug-likeness (QED) is 0.280. The van der Waals surface area contributed by atoms with Crippen LogP contribution in [0.4, 0.5) is 11.4 Å².